The lowest BCUT2D eigenvalue weighted by Gasteiger charge is -2.22. The number of aryl methyl sites for hydroxylation is 1. The third-order valence-electron chi connectivity index (χ3n) is 2.64. The van der Waals surface area contributed by atoms with E-state index in [1.807, 2.05) is 0 Å². The maximum Gasteiger partial charge on any atom is 0.0448 e. The molecule has 14 heavy (non-hydrogen) atoms. The normalized spacial score (nSPS) is 14.1. The predicted molar refractivity (Wildman–Crippen MR) is 67.7 cm³/mol. The zero-order chi connectivity index (χ0) is 10.8. The van der Waals surface area contributed by atoms with Crippen LogP contribution in [0.25, 0.3) is 0 Å². The van der Waals surface area contributed by atoms with Crippen molar-refractivity contribution in [2.45, 2.75) is 45.5 Å². The third-order valence-corrected chi connectivity index (χ3v) is 4.48. The summed E-state index contributed by atoms with van der Waals surface area (Å²) >= 11 is 0. The van der Waals surface area contributed by atoms with E-state index in [1.165, 1.54) is 17.2 Å². The van der Waals surface area contributed by atoms with E-state index < -0.39 is 8.07 Å². The molecule has 0 N–H and O–H groups in total. The molecule has 0 radical (unpaired) electrons. The van der Waals surface area contributed by atoms with Crippen LogP contribution in [0.1, 0.15) is 24.0 Å². The van der Waals surface area contributed by atoms with E-state index in [2.05, 4.69) is 57.8 Å². The predicted octanol–water partition coefficient (Wildman–Crippen LogP) is 4.44. The Hall–Kier alpha value is -0.563. The largest absolute Gasteiger partial charge is 0.0695 e. The van der Waals surface area contributed by atoms with Crippen LogP contribution in [0, 0.1) is 6.92 Å². The highest BCUT2D eigenvalue weighted by molar-refractivity contribution is 6.76. The van der Waals surface area contributed by atoms with Gasteiger partial charge in [0.15, 0.2) is 0 Å². The minimum atomic E-state index is -0.926. The summed E-state index contributed by atoms with van der Waals surface area (Å²) in [7, 11) is -0.926. The van der Waals surface area contributed by atoms with E-state index in [1.54, 1.807) is 0 Å². The molecule has 0 amide bonds. The van der Waals surface area contributed by atoms with Gasteiger partial charge in [-0.2, -0.15) is 0 Å². The second kappa shape index (κ2) is 4.31. The quantitative estimate of drug-likeness (QED) is 0.642. The summed E-state index contributed by atoms with van der Waals surface area (Å²) in [6.45, 7) is 11.9. The van der Waals surface area contributed by atoms with Crippen molar-refractivity contribution in [2.24, 2.45) is 0 Å². The first kappa shape index (κ1) is 11.5. The minimum Gasteiger partial charge on any atom is -0.0695 e. The Kier molecular flexibility index (Phi) is 3.54. The van der Waals surface area contributed by atoms with Crippen molar-refractivity contribution in [3.05, 3.63) is 35.4 Å². The molecular weight excluding hydrogens is 184 g/mol. The Bertz CT molecular complexity index is 296. The van der Waals surface area contributed by atoms with Crippen molar-refractivity contribution in [1.82, 2.24) is 0 Å². The fourth-order valence-corrected chi connectivity index (χ4v) is 4.23. The van der Waals surface area contributed by atoms with Crippen LogP contribution in [0.3, 0.4) is 0 Å². The Morgan fingerprint density at radius 3 is 2.21 bits per heavy atom. The van der Waals surface area contributed by atoms with Crippen LogP contribution in [0.2, 0.25) is 25.7 Å². The molecule has 0 saturated carbocycles. The average molecular weight is 206 g/mol. The number of benzene rings is 1. The van der Waals surface area contributed by atoms with Gasteiger partial charge in [0, 0.05) is 8.07 Å². The highest BCUT2D eigenvalue weighted by Crippen LogP contribution is 2.27. The molecule has 0 aliphatic heterocycles. The lowest BCUT2D eigenvalue weighted by Crippen LogP contribution is -2.22. The van der Waals surface area contributed by atoms with Gasteiger partial charge < -0.3 is 0 Å². The second-order valence-corrected chi connectivity index (χ2v) is 11.1. The molecule has 0 spiro atoms. The monoisotopic (exact) mass is 206 g/mol. The average Bonchev–Trinajstić information content (AvgIpc) is 2.01. The summed E-state index contributed by atoms with van der Waals surface area (Å²) in [5.74, 6) is 0.725. The SMILES string of the molecule is Cc1ccccc1C(C)C[Si](C)(C)C. The first-order valence-corrected chi connectivity index (χ1v) is 9.16. The molecule has 0 bridgehead atoms. The molecule has 1 rings (SSSR count). The van der Waals surface area contributed by atoms with Crippen LogP contribution in [0.4, 0.5) is 0 Å². The molecule has 0 aliphatic carbocycles. The van der Waals surface area contributed by atoms with Gasteiger partial charge in [-0.3, -0.25) is 0 Å². The van der Waals surface area contributed by atoms with Gasteiger partial charge in [0.2, 0.25) is 0 Å². The van der Waals surface area contributed by atoms with Gasteiger partial charge >= 0.3 is 0 Å². The van der Waals surface area contributed by atoms with Crippen LogP contribution >= 0.6 is 0 Å². The highest BCUT2D eigenvalue weighted by Gasteiger charge is 2.19. The maximum atomic E-state index is 2.45. The maximum absolute atomic E-state index is 2.45. The summed E-state index contributed by atoms with van der Waals surface area (Å²) in [5, 5.41) is 0. The molecule has 1 atom stereocenters. The molecule has 78 valence electrons. The van der Waals surface area contributed by atoms with Gasteiger partial charge in [-0.15, -0.1) is 0 Å². The Morgan fingerprint density at radius 1 is 1.14 bits per heavy atom. The van der Waals surface area contributed by atoms with Crippen molar-refractivity contribution < 1.29 is 0 Å². The van der Waals surface area contributed by atoms with Gasteiger partial charge in [0.05, 0.1) is 0 Å². The van der Waals surface area contributed by atoms with Crippen molar-refractivity contribution >= 4 is 8.07 Å². The first-order valence-electron chi connectivity index (χ1n) is 5.46. The molecule has 0 fully saturated rings. The van der Waals surface area contributed by atoms with Gasteiger partial charge in [-0.25, -0.2) is 0 Å². The van der Waals surface area contributed by atoms with E-state index in [4.69, 9.17) is 0 Å². The zero-order valence-electron chi connectivity index (χ0n) is 10.1. The summed E-state index contributed by atoms with van der Waals surface area (Å²) < 4.78 is 0. The minimum absolute atomic E-state index is 0.725. The zero-order valence-corrected chi connectivity index (χ0v) is 11.1. The molecule has 1 unspecified atom stereocenters. The molecule has 0 aliphatic rings. The van der Waals surface area contributed by atoms with E-state index in [0.29, 0.717) is 0 Å². The van der Waals surface area contributed by atoms with Gasteiger partial charge in [0.25, 0.3) is 0 Å². The third kappa shape index (κ3) is 3.30. The van der Waals surface area contributed by atoms with E-state index >= 15 is 0 Å². The lowest BCUT2D eigenvalue weighted by molar-refractivity contribution is 0.836. The van der Waals surface area contributed by atoms with Crippen LogP contribution in [-0.4, -0.2) is 8.07 Å². The summed E-state index contributed by atoms with van der Waals surface area (Å²) in [5.41, 5.74) is 2.98. The summed E-state index contributed by atoms with van der Waals surface area (Å²) in [6, 6.07) is 10.2. The molecule has 1 heteroatoms. The smallest absolute Gasteiger partial charge is 0.0448 e. The second-order valence-electron chi connectivity index (χ2n) is 5.52. The topological polar surface area (TPSA) is 0 Å². The van der Waals surface area contributed by atoms with Gasteiger partial charge in [-0.05, 0) is 24.0 Å². The standard InChI is InChI=1S/C13H22Si/c1-11-8-6-7-9-13(11)12(2)10-14(3,4)5/h6-9,12H,10H2,1-5H3. The fourth-order valence-electron chi connectivity index (χ4n) is 2.17. The van der Waals surface area contributed by atoms with Crippen molar-refractivity contribution in [3.8, 4) is 0 Å². The Labute approximate surface area is 89.4 Å². The van der Waals surface area contributed by atoms with Crippen molar-refractivity contribution in [2.75, 3.05) is 0 Å². The van der Waals surface area contributed by atoms with Crippen molar-refractivity contribution in [1.29, 1.82) is 0 Å². The molecule has 0 saturated heterocycles. The van der Waals surface area contributed by atoms with Crippen LogP contribution < -0.4 is 0 Å². The van der Waals surface area contributed by atoms with Gasteiger partial charge in [0.1, 0.15) is 0 Å². The van der Waals surface area contributed by atoms with Crippen LogP contribution in [0.5, 0.6) is 0 Å². The molecule has 0 heterocycles. The van der Waals surface area contributed by atoms with Gasteiger partial charge in [-0.1, -0.05) is 56.9 Å². The lowest BCUT2D eigenvalue weighted by atomic mass is 9.98. The van der Waals surface area contributed by atoms with Crippen molar-refractivity contribution in [3.63, 3.8) is 0 Å². The molecule has 1 aromatic rings. The summed E-state index contributed by atoms with van der Waals surface area (Å²) in [6.07, 6.45) is 0. The van der Waals surface area contributed by atoms with E-state index in [0.717, 1.165) is 5.92 Å². The van der Waals surface area contributed by atoms with Crippen LogP contribution in [0.15, 0.2) is 24.3 Å². The number of hydrogen-bond acceptors (Lipinski definition) is 0. The Balaban J connectivity index is 2.80. The number of rotatable bonds is 3. The number of hydrogen-bond donors (Lipinski definition) is 0. The van der Waals surface area contributed by atoms with Crippen LogP contribution in [-0.2, 0) is 0 Å². The van der Waals surface area contributed by atoms with E-state index in [-0.39, 0.29) is 0 Å². The fraction of sp³-hybridized carbons (Fsp3) is 0.538. The molecule has 0 aromatic heterocycles. The molecule has 1 aromatic carbocycles. The van der Waals surface area contributed by atoms with E-state index in [9.17, 15) is 0 Å². The molecular formula is C13H22Si. The molecule has 0 nitrogen and oxygen atoms in total. The highest BCUT2D eigenvalue weighted by atomic mass is 28.3. The first-order chi connectivity index (χ1) is 6.40. The summed E-state index contributed by atoms with van der Waals surface area (Å²) in [4.78, 5) is 0. The Morgan fingerprint density at radius 2 is 1.71 bits per heavy atom.